The lowest BCUT2D eigenvalue weighted by Gasteiger charge is -2.41. The van der Waals surface area contributed by atoms with E-state index in [0.717, 1.165) is 28.3 Å². The van der Waals surface area contributed by atoms with E-state index in [-0.39, 0.29) is 11.8 Å². The van der Waals surface area contributed by atoms with Gasteiger partial charge in [-0.15, -0.1) is 0 Å². The molecule has 3 nitrogen and oxygen atoms in total. The Bertz CT molecular complexity index is 1070. The maximum Gasteiger partial charge on any atom is 0.228 e. The Hall–Kier alpha value is -3.07. The van der Waals surface area contributed by atoms with Crippen LogP contribution in [0, 0.1) is 5.92 Å². The van der Waals surface area contributed by atoms with Gasteiger partial charge in [0.1, 0.15) is 11.5 Å². The number of hydrogen-bond donors (Lipinski definition) is 1. The first-order chi connectivity index (χ1) is 15.2. The maximum atomic E-state index is 13.8. The van der Waals surface area contributed by atoms with Gasteiger partial charge in [-0.05, 0) is 35.1 Å². The van der Waals surface area contributed by atoms with Gasteiger partial charge in [-0.2, -0.15) is 0 Å². The molecule has 3 heteroatoms. The Morgan fingerprint density at radius 1 is 0.750 bits per heavy atom. The topological polar surface area (TPSA) is 38.3 Å². The summed E-state index contributed by atoms with van der Waals surface area (Å²) in [5, 5.41) is 3.35. The quantitative estimate of drug-likeness (QED) is 0.455. The summed E-state index contributed by atoms with van der Waals surface area (Å²) in [5.74, 6) is 1.99. The van der Waals surface area contributed by atoms with Crippen LogP contribution in [0.5, 0.6) is 11.5 Å². The van der Waals surface area contributed by atoms with E-state index in [0.29, 0.717) is 11.8 Å². The zero-order valence-corrected chi connectivity index (χ0v) is 19.9. The molecule has 1 unspecified atom stereocenters. The Morgan fingerprint density at radius 3 is 1.69 bits per heavy atom. The zero-order chi connectivity index (χ0) is 23.0. The lowest BCUT2D eigenvalue weighted by molar-refractivity contribution is -0.120. The summed E-state index contributed by atoms with van der Waals surface area (Å²) in [7, 11) is 0. The Labute approximate surface area is 191 Å². The molecule has 0 spiro atoms. The van der Waals surface area contributed by atoms with E-state index in [1.54, 1.807) is 0 Å². The first kappa shape index (κ1) is 22.1. The van der Waals surface area contributed by atoms with E-state index in [9.17, 15) is 4.79 Å². The minimum Gasteiger partial charge on any atom is -0.457 e. The lowest BCUT2D eigenvalue weighted by Crippen LogP contribution is -2.41. The molecule has 1 aliphatic rings. The van der Waals surface area contributed by atoms with Crippen molar-refractivity contribution in [3.8, 4) is 11.5 Å². The largest absolute Gasteiger partial charge is 0.457 e. The number of carbonyl (C=O) groups excluding carboxylic acids is 1. The van der Waals surface area contributed by atoms with Gasteiger partial charge in [-0.1, -0.05) is 96.1 Å². The molecule has 1 atom stereocenters. The monoisotopic (exact) mass is 427 g/mol. The van der Waals surface area contributed by atoms with Gasteiger partial charge in [0.2, 0.25) is 5.91 Å². The van der Waals surface area contributed by atoms with E-state index >= 15 is 0 Å². The summed E-state index contributed by atoms with van der Waals surface area (Å²) in [6.45, 7) is 12.9. The summed E-state index contributed by atoms with van der Waals surface area (Å²) in [6, 6.07) is 22.5. The van der Waals surface area contributed by atoms with Gasteiger partial charge < -0.3 is 10.1 Å². The van der Waals surface area contributed by atoms with Crippen molar-refractivity contribution in [2.75, 3.05) is 5.32 Å². The average molecular weight is 428 g/mol. The fourth-order valence-corrected chi connectivity index (χ4v) is 4.89. The molecular formula is C29H33NO2. The molecule has 32 heavy (non-hydrogen) atoms. The Kier molecular flexibility index (Phi) is 5.85. The SMILES string of the molecule is CC(C)c1cccc(C(C)C)c1NC(=O)C(C)C1(C)c2ccccc2Oc2ccccc21. The maximum absolute atomic E-state index is 13.8. The van der Waals surface area contributed by atoms with Crippen LogP contribution in [0.25, 0.3) is 0 Å². The highest BCUT2D eigenvalue weighted by Crippen LogP contribution is 2.51. The predicted octanol–water partition coefficient (Wildman–Crippen LogP) is 7.62. The molecule has 0 aromatic heterocycles. The van der Waals surface area contributed by atoms with Crippen molar-refractivity contribution in [1.29, 1.82) is 0 Å². The number of rotatable bonds is 5. The number of hydrogen-bond acceptors (Lipinski definition) is 2. The molecule has 0 saturated heterocycles. The van der Waals surface area contributed by atoms with E-state index in [4.69, 9.17) is 4.74 Å². The van der Waals surface area contributed by atoms with Crippen LogP contribution in [0.1, 0.15) is 75.6 Å². The van der Waals surface area contributed by atoms with Gasteiger partial charge in [-0.3, -0.25) is 4.79 Å². The normalized spacial score (nSPS) is 15.0. The van der Waals surface area contributed by atoms with E-state index < -0.39 is 5.41 Å². The second kappa shape index (κ2) is 8.46. The van der Waals surface area contributed by atoms with Gasteiger partial charge in [0.15, 0.2) is 0 Å². The number of nitrogens with one attached hydrogen (secondary N) is 1. The van der Waals surface area contributed by atoms with Crippen molar-refractivity contribution in [3.05, 3.63) is 89.0 Å². The van der Waals surface area contributed by atoms with Crippen molar-refractivity contribution in [2.24, 2.45) is 5.92 Å². The number of ether oxygens (including phenoxy) is 1. The minimum atomic E-state index is -0.514. The summed E-state index contributed by atoms with van der Waals surface area (Å²) in [4.78, 5) is 13.8. The smallest absolute Gasteiger partial charge is 0.228 e. The molecule has 4 rings (SSSR count). The number of anilines is 1. The second-order valence-electron chi connectivity index (χ2n) is 9.63. The van der Waals surface area contributed by atoms with E-state index in [1.807, 2.05) is 43.3 Å². The second-order valence-corrected chi connectivity index (χ2v) is 9.63. The van der Waals surface area contributed by atoms with Gasteiger partial charge >= 0.3 is 0 Å². The van der Waals surface area contributed by atoms with Crippen molar-refractivity contribution in [2.45, 2.75) is 58.8 Å². The molecular weight excluding hydrogens is 394 g/mol. The third-order valence-electron chi connectivity index (χ3n) is 6.99. The number of fused-ring (bicyclic) bond motifs is 2. The van der Waals surface area contributed by atoms with E-state index in [2.05, 4.69) is 70.3 Å². The Balaban J connectivity index is 1.79. The number of carbonyl (C=O) groups is 1. The van der Waals surface area contributed by atoms with Gasteiger partial charge in [0.25, 0.3) is 0 Å². The van der Waals surface area contributed by atoms with Crippen LogP contribution in [-0.2, 0) is 10.2 Å². The predicted molar refractivity (Wildman–Crippen MR) is 132 cm³/mol. The van der Waals surface area contributed by atoms with Crippen molar-refractivity contribution < 1.29 is 9.53 Å². The first-order valence-electron chi connectivity index (χ1n) is 11.6. The van der Waals surface area contributed by atoms with Crippen LogP contribution in [-0.4, -0.2) is 5.91 Å². The molecule has 0 aliphatic carbocycles. The lowest BCUT2D eigenvalue weighted by atomic mass is 9.66. The fraction of sp³-hybridized carbons (Fsp3) is 0.345. The standard InChI is InChI=1S/C29H33NO2/c1-18(2)21-12-11-13-22(19(3)4)27(21)30-28(31)20(5)29(6)23-14-7-9-16-25(23)32-26-17-10-8-15-24(26)29/h7-20H,1-6H3,(H,30,31). The molecule has 0 fully saturated rings. The zero-order valence-electron chi connectivity index (χ0n) is 19.9. The van der Waals surface area contributed by atoms with Crippen LogP contribution in [0.15, 0.2) is 66.7 Å². The van der Waals surface area contributed by atoms with Crippen LogP contribution in [0.3, 0.4) is 0 Å². The highest BCUT2D eigenvalue weighted by molar-refractivity contribution is 5.96. The Morgan fingerprint density at radius 2 is 1.22 bits per heavy atom. The van der Waals surface area contributed by atoms with Crippen molar-refractivity contribution >= 4 is 11.6 Å². The van der Waals surface area contributed by atoms with E-state index in [1.165, 1.54) is 11.1 Å². The fourth-order valence-electron chi connectivity index (χ4n) is 4.89. The van der Waals surface area contributed by atoms with Crippen LogP contribution < -0.4 is 10.1 Å². The average Bonchev–Trinajstić information content (AvgIpc) is 2.78. The molecule has 1 amide bonds. The summed E-state index contributed by atoms with van der Waals surface area (Å²) in [6.07, 6.45) is 0. The number of amides is 1. The van der Waals surface area contributed by atoms with Gasteiger partial charge in [-0.25, -0.2) is 0 Å². The summed E-state index contributed by atoms with van der Waals surface area (Å²) < 4.78 is 6.19. The van der Waals surface area contributed by atoms with Crippen molar-refractivity contribution in [3.63, 3.8) is 0 Å². The van der Waals surface area contributed by atoms with Crippen LogP contribution in [0.4, 0.5) is 5.69 Å². The molecule has 0 radical (unpaired) electrons. The minimum absolute atomic E-state index is 0.0222. The van der Waals surface area contributed by atoms with Gasteiger partial charge in [0.05, 0.1) is 0 Å². The molecule has 3 aromatic carbocycles. The van der Waals surface area contributed by atoms with Crippen LogP contribution >= 0.6 is 0 Å². The summed E-state index contributed by atoms with van der Waals surface area (Å²) in [5.41, 5.74) is 4.89. The third kappa shape index (κ3) is 3.60. The third-order valence-corrected chi connectivity index (χ3v) is 6.99. The van der Waals surface area contributed by atoms with Gasteiger partial charge in [0, 0.05) is 28.1 Å². The van der Waals surface area contributed by atoms with Crippen LogP contribution in [0.2, 0.25) is 0 Å². The number of benzene rings is 3. The molecule has 1 N–H and O–H groups in total. The molecule has 1 aliphatic heterocycles. The molecule has 1 heterocycles. The number of para-hydroxylation sites is 3. The molecule has 0 bridgehead atoms. The highest BCUT2D eigenvalue weighted by Gasteiger charge is 2.45. The highest BCUT2D eigenvalue weighted by atomic mass is 16.5. The molecule has 3 aromatic rings. The molecule has 166 valence electrons. The molecule has 0 saturated carbocycles. The first-order valence-corrected chi connectivity index (χ1v) is 11.6. The summed E-state index contributed by atoms with van der Waals surface area (Å²) >= 11 is 0. The van der Waals surface area contributed by atoms with Crippen molar-refractivity contribution in [1.82, 2.24) is 0 Å².